The Bertz CT molecular complexity index is 741. The molecule has 0 atom stereocenters. The maximum Gasteiger partial charge on any atom is 0.278 e. The van der Waals surface area contributed by atoms with Gasteiger partial charge in [0.15, 0.2) is 0 Å². The molecule has 0 saturated carbocycles. The number of fused-ring (bicyclic) bond motifs is 1. The van der Waals surface area contributed by atoms with E-state index in [4.69, 9.17) is 0 Å². The van der Waals surface area contributed by atoms with Crippen LogP contribution in [0.2, 0.25) is 0 Å². The maximum absolute atomic E-state index is 11.2. The van der Waals surface area contributed by atoms with Crippen LogP contribution in [-0.4, -0.2) is 60.1 Å². The number of hydrogen-bond acceptors (Lipinski definition) is 6. The number of nitrogens with zero attached hydrogens (tertiary/aromatic N) is 4. The van der Waals surface area contributed by atoms with E-state index in [2.05, 4.69) is 33.9 Å². The molecule has 1 fully saturated rings. The number of piperazine rings is 1. The molecule has 1 aliphatic rings. The fourth-order valence-corrected chi connectivity index (χ4v) is 3.32. The van der Waals surface area contributed by atoms with Crippen molar-refractivity contribution < 1.29 is 4.92 Å². The van der Waals surface area contributed by atoms with Crippen LogP contribution in [0, 0.1) is 10.1 Å². The molecule has 2 heterocycles. The van der Waals surface area contributed by atoms with Gasteiger partial charge in [-0.3, -0.25) is 20.0 Å². The Morgan fingerprint density at radius 2 is 1.96 bits per heavy atom. The predicted molar refractivity (Wildman–Crippen MR) is 100 cm³/mol. The SMILES string of the molecule is CC(C)NCCN1CCN(c2ccc([N+](=O)[O-])c3cnccc23)CC1. The van der Waals surface area contributed by atoms with Crippen LogP contribution in [0.15, 0.2) is 30.6 Å². The van der Waals surface area contributed by atoms with Gasteiger partial charge >= 0.3 is 0 Å². The van der Waals surface area contributed by atoms with E-state index in [1.54, 1.807) is 18.5 Å². The van der Waals surface area contributed by atoms with Crippen LogP contribution in [0.3, 0.4) is 0 Å². The number of non-ortho nitro benzene ring substituents is 1. The van der Waals surface area contributed by atoms with E-state index >= 15 is 0 Å². The Morgan fingerprint density at radius 1 is 1.20 bits per heavy atom. The van der Waals surface area contributed by atoms with Crippen molar-refractivity contribution in [3.63, 3.8) is 0 Å². The number of benzene rings is 1. The smallest absolute Gasteiger partial charge is 0.278 e. The third-order valence-electron chi connectivity index (χ3n) is 4.66. The van der Waals surface area contributed by atoms with Crippen molar-refractivity contribution >= 4 is 22.1 Å². The van der Waals surface area contributed by atoms with Crippen LogP contribution in [0.25, 0.3) is 10.8 Å². The third kappa shape index (κ3) is 4.05. The van der Waals surface area contributed by atoms with Crippen molar-refractivity contribution in [2.75, 3.05) is 44.2 Å². The zero-order chi connectivity index (χ0) is 17.8. The summed E-state index contributed by atoms with van der Waals surface area (Å²) < 4.78 is 0. The highest BCUT2D eigenvalue weighted by Gasteiger charge is 2.21. The van der Waals surface area contributed by atoms with E-state index in [0.717, 1.165) is 50.3 Å². The molecule has 0 spiro atoms. The molecule has 0 amide bonds. The van der Waals surface area contributed by atoms with Gasteiger partial charge in [-0.05, 0) is 12.1 Å². The minimum Gasteiger partial charge on any atom is -0.368 e. The van der Waals surface area contributed by atoms with Crippen molar-refractivity contribution in [1.29, 1.82) is 0 Å². The first kappa shape index (κ1) is 17.6. The maximum atomic E-state index is 11.2. The van der Waals surface area contributed by atoms with Crippen LogP contribution < -0.4 is 10.2 Å². The quantitative estimate of drug-likeness (QED) is 0.641. The van der Waals surface area contributed by atoms with Crippen LogP contribution in [0.4, 0.5) is 11.4 Å². The summed E-state index contributed by atoms with van der Waals surface area (Å²) in [6.45, 7) is 10.2. The first-order chi connectivity index (χ1) is 12.1. The second-order valence-electron chi connectivity index (χ2n) is 6.72. The van der Waals surface area contributed by atoms with Gasteiger partial charge in [0, 0.05) is 74.8 Å². The highest BCUT2D eigenvalue weighted by atomic mass is 16.6. The van der Waals surface area contributed by atoms with Crippen molar-refractivity contribution in [1.82, 2.24) is 15.2 Å². The second-order valence-corrected chi connectivity index (χ2v) is 6.72. The van der Waals surface area contributed by atoms with E-state index in [1.807, 2.05) is 12.1 Å². The Balaban J connectivity index is 1.72. The summed E-state index contributed by atoms with van der Waals surface area (Å²) in [5.74, 6) is 0. The standard InChI is InChI=1S/C18H25N5O2/c1-14(2)20-7-8-21-9-11-22(12-10-21)17-3-4-18(23(24)25)16-13-19-6-5-15(16)17/h3-6,13-14,20H,7-12H2,1-2H3. The van der Waals surface area contributed by atoms with Crippen LogP contribution in [0.5, 0.6) is 0 Å². The number of anilines is 1. The lowest BCUT2D eigenvalue weighted by atomic mass is 10.1. The van der Waals surface area contributed by atoms with E-state index in [1.165, 1.54) is 0 Å². The van der Waals surface area contributed by atoms with E-state index < -0.39 is 0 Å². The van der Waals surface area contributed by atoms with Crippen molar-refractivity contribution in [3.05, 3.63) is 40.7 Å². The molecule has 2 aromatic rings. The van der Waals surface area contributed by atoms with Gasteiger partial charge in [0.05, 0.1) is 10.3 Å². The lowest BCUT2D eigenvalue weighted by Gasteiger charge is -2.36. The molecule has 0 bridgehead atoms. The highest BCUT2D eigenvalue weighted by molar-refractivity contribution is 5.99. The van der Waals surface area contributed by atoms with Gasteiger partial charge in [-0.15, -0.1) is 0 Å². The minimum absolute atomic E-state index is 0.116. The average Bonchev–Trinajstić information content (AvgIpc) is 2.61. The van der Waals surface area contributed by atoms with Gasteiger partial charge in [0.2, 0.25) is 0 Å². The monoisotopic (exact) mass is 343 g/mol. The summed E-state index contributed by atoms with van der Waals surface area (Å²) in [5.41, 5.74) is 1.17. The Hall–Kier alpha value is -2.25. The largest absolute Gasteiger partial charge is 0.368 e. The van der Waals surface area contributed by atoms with Gasteiger partial charge in [-0.1, -0.05) is 13.8 Å². The molecule has 0 aliphatic carbocycles. The first-order valence-corrected chi connectivity index (χ1v) is 8.78. The summed E-state index contributed by atoms with van der Waals surface area (Å²) in [5, 5.41) is 16.2. The average molecular weight is 343 g/mol. The van der Waals surface area contributed by atoms with Crippen LogP contribution in [-0.2, 0) is 0 Å². The highest BCUT2D eigenvalue weighted by Crippen LogP contribution is 2.33. The lowest BCUT2D eigenvalue weighted by molar-refractivity contribution is -0.383. The van der Waals surface area contributed by atoms with Gasteiger partial charge in [0.1, 0.15) is 0 Å². The van der Waals surface area contributed by atoms with Crippen molar-refractivity contribution in [2.45, 2.75) is 19.9 Å². The Kier molecular flexibility index (Phi) is 5.45. The minimum atomic E-state index is -0.340. The summed E-state index contributed by atoms with van der Waals surface area (Å²) in [6, 6.07) is 5.85. The fourth-order valence-electron chi connectivity index (χ4n) is 3.32. The second kappa shape index (κ2) is 7.76. The molecule has 1 aliphatic heterocycles. The number of nitrogens with one attached hydrogen (secondary N) is 1. The first-order valence-electron chi connectivity index (χ1n) is 8.78. The summed E-state index contributed by atoms with van der Waals surface area (Å²) in [4.78, 5) is 19.7. The van der Waals surface area contributed by atoms with E-state index in [-0.39, 0.29) is 10.6 Å². The zero-order valence-electron chi connectivity index (χ0n) is 14.8. The van der Waals surface area contributed by atoms with Crippen molar-refractivity contribution in [3.8, 4) is 0 Å². The number of hydrogen-bond donors (Lipinski definition) is 1. The third-order valence-corrected chi connectivity index (χ3v) is 4.66. The Morgan fingerprint density at radius 3 is 2.64 bits per heavy atom. The molecular formula is C18H25N5O2. The summed E-state index contributed by atoms with van der Waals surface area (Å²) in [6.07, 6.45) is 3.29. The van der Waals surface area contributed by atoms with E-state index in [9.17, 15) is 10.1 Å². The molecule has 3 rings (SSSR count). The number of pyridine rings is 1. The number of nitro benzene ring substituents is 1. The summed E-state index contributed by atoms with van der Waals surface area (Å²) in [7, 11) is 0. The van der Waals surface area contributed by atoms with Gasteiger partial charge in [-0.25, -0.2) is 0 Å². The molecular weight excluding hydrogens is 318 g/mol. The van der Waals surface area contributed by atoms with Crippen molar-refractivity contribution in [2.24, 2.45) is 0 Å². The summed E-state index contributed by atoms with van der Waals surface area (Å²) >= 11 is 0. The number of nitro groups is 1. The van der Waals surface area contributed by atoms with Gasteiger partial charge in [0.25, 0.3) is 5.69 Å². The topological polar surface area (TPSA) is 74.5 Å². The fraction of sp³-hybridized carbons (Fsp3) is 0.500. The van der Waals surface area contributed by atoms with E-state index in [0.29, 0.717) is 11.4 Å². The molecule has 7 heteroatoms. The van der Waals surface area contributed by atoms with Crippen LogP contribution >= 0.6 is 0 Å². The molecule has 0 radical (unpaired) electrons. The molecule has 1 N–H and O–H groups in total. The molecule has 1 saturated heterocycles. The normalized spacial score (nSPS) is 15.9. The number of rotatable bonds is 6. The molecule has 0 unspecified atom stereocenters. The molecule has 134 valence electrons. The number of aromatic nitrogens is 1. The zero-order valence-corrected chi connectivity index (χ0v) is 14.8. The Labute approximate surface area is 147 Å². The molecule has 1 aromatic carbocycles. The molecule has 1 aromatic heterocycles. The molecule has 25 heavy (non-hydrogen) atoms. The van der Waals surface area contributed by atoms with Gasteiger partial charge < -0.3 is 10.2 Å². The lowest BCUT2D eigenvalue weighted by Crippen LogP contribution is -2.48. The van der Waals surface area contributed by atoms with Crippen LogP contribution in [0.1, 0.15) is 13.8 Å². The predicted octanol–water partition coefficient (Wildman–Crippen LogP) is 2.26. The van der Waals surface area contributed by atoms with Gasteiger partial charge in [-0.2, -0.15) is 0 Å². The molecule has 7 nitrogen and oxygen atoms in total.